The topological polar surface area (TPSA) is 66.8 Å². The van der Waals surface area contributed by atoms with Crippen molar-refractivity contribution in [2.45, 2.75) is 19.7 Å². The lowest BCUT2D eigenvalue weighted by molar-refractivity contribution is -0.161. The molecule has 1 aliphatic heterocycles. The number of benzene rings is 1. The fourth-order valence-electron chi connectivity index (χ4n) is 1.96. The number of carbonyl (C=O) groups is 2. The molecule has 0 fully saturated rings. The molecular formula is C12H12FNO4. The summed E-state index contributed by atoms with van der Waals surface area (Å²) < 4.78 is 18.5. The molecule has 0 radical (unpaired) electrons. The van der Waals surface area contributed by atoms with Crippen molar-refractivity contribution in [2.75, 3.05) is 6.61 Å². The molecule has 96 valence electrons. The van der Waals surface area contributed by atoms with Crippen LogP contribution in [0.1, 0.15) is 22.8 Å². The van der Waals surface area contributed by atoms with Crippen LogP contribution >= 0.6 is 0 Å². The molecule has 1 atom stereocenters. The Balaban J connectivity index is 2.33. The summed E-state index contributed by atoms with van der Waals surface area (Å²) in [4.78, 5) is 24.0. The summed E-state index contributed by atoms with van der Waals surface area (Å²) in [6.07, 6.45) is -1.38. The lowest BCUT2D eigenvalue weighted by Crippen LogP contribution is -2.43. The summed E-state index contributed by atoms with van der Waals surface area (Å²) >= 11 is 0. The van der Waals surface area contributed by atoms with E-state index in [9.17, 15) is 14.0 Å². The molecule has 0 aliphatic carbocycles. The number of halogens is 1. The first kappa shape index (κ1) is 12.5. The molecule has 2 rings (SSSR count). The highest BCUT2D eigenvalue weighted by atomic mass is 19.1. The highest BCUT2D eigenvalue weighted by Crippen LogP contribution is 2.27. The molecule has 18 heavy (non-hydrogen) atoms. The minimum atomic E-state index is -1.38. The second-order valence-corrected chi connectivity index (χ2v) is 3.84. The molecule has 0 bridgehead atoms. The quantitative estimate of drug-likeness (QED) is 0.876. The molecule has 1 aromatic rings. The third-order valence-electron chi connectivity index (χ3n) is 2.76. The van der Waals surface area contributed by atoms with Gasteiger partial charge in [0.25, 0.3) is 5.91 Å². The van der Waals surface area contributed by atoms with E-state index in [1.165, 1.54) is 18.2 Å². The summed E-state index contributed by atoms with van der Waals surface area (Å²) in [6, 6.07) is 4.14. The molecular weight excluding hydrogens is 241 g/mol. The van der Waals surface area contributed by atoms with E-state index in [0.717, 1.165) is 4.90 Å². The van der Waals surface area contributed by atoms with Gasteiger partial charge in [0.2, 0.25) is 6.23 Å². The number of carboxylic acids is 1. The van der Waals surface area contributed by atoms with Crippen molar-refractivity contribution in [3.8, 4) is 0 Å². The van der Waals surface area contributed by atoms with Gasteiger partial charge in [0, 0.05) is 17.7 Å². The summed E-state index contributed by atoms with van der Waals surface area (Å²) in [5.41, 5.74) is 0.411. The summed E-state index contributed by atoms with van der Waals surface area (Å²) in [5, 5.41) is 9.02. The SMILES string of the molecule is CCOC(C(=O)O)N1Cc2c(F)cccc2C1=O. The number of ether oxygens (including phenoxy) is 1. The first-order valence-electron chi connectivity index (χ1n) is 5.49. The first-order chi connectivity index (χ1) is 8.56. The van der Waals surface area contributed by atoms with Gasteiger partial charge in [0.05, 0.1) is 6.54 Å². The molecule has 0 aromatic heterocycles. The number of fused-ring (bicyclic) bond motifs is 1. The zero-order valence-corrected chi connectivity index (χ0v) is 9.72. The molecule has 6 heteroatoms. The van der Waals surface area contributed by atoms with Crippen LogP contribution in [0, 0.1) is 5.82 Å². The molecule has 1 unspecified atom stereocenters. The summed E-state index contributed by atoms with van der Waals surface area (Å²) in [6.45, 7) is 1.70. The number of hydrogen-bond acceptors (Lipinski definition) is 3. The van der Waals surface area contributed by atoms with Crippen LogP contribution in [0.5, 0.6) is 0 Å². The number of hydrogen-bond donors (Lipinski definition) is 1. The van der Waals surface area contributed by atoms with Gasteiger partial charge in [-0.3, -0.25) is 9.69 Å². The van der Waals surface area contributed by atoms with E-state index in [2.05, 4.69) is 0 Å². The lowest BCUT2D eigenvalue weighted by atomic mass is 10.1. The Morgan fingerprint density at radius 1 is 1.61 bits per heavy atom. The lowest BCUT2D eigenvalue weighted by Gasteiger charge is -2.23. The highest BCUT2D eigenvalue weighted by Gasteiger charge is 2.38. The van der Waals surface area contributed by atoms with Crippen molar-refractivity contribution in [3.63, 3.8) is 0 Å². The number of amides is 1. The molecule has 1 heterocycles. The number of nitrogens with zero attached hydrogens (tertiary/aromatic N) is 1. The van der Waals surface area contributed by atoms with Crippen molar-refractivity contribution in [2.24, 2.45) is 0 Å². The molecule has 1 amide bonds. The molecule has 0 saturated carbocycles. The zero-order chi connectivity index (χ0) is 13.3. The highest BCUT2D eigenvalue weighted by molar-refractivity contribution is 6.00. The maximum Gasteiger partial charge on any atom is 0.354 e. The first-order valence-corrected chi connectivity index (χ1v) is 5.49. The second-order valence-electron chi connectivity index (χ2n) is 3.84. The van der Waals surface area contributed by atoms with Gasteiger partial charge in [-0.25, -0.2) is 9.18 Å². The maximum absolute atomic E-state index is 13.5. The van der Waals surface area contributed by atoms with E-state index in [0.29, 0.717) is 0 Å². The van der Waals surface area contributed by atoms with Crippen LogP contribution in [0.25, 0.3) is 0 Å². The van der Waals surface area contributed by atoms with Gasteiger partial charge in [-0.2, -0.15) is 0 Å². The van der Waals surface area contributed by atoms with Crippen molar-refractivity contribution in [1.82, 2.24) is 4.90 Å². The van der Waals surface area contributed by atoms with Crippen LogP contribution in [0.4, 0.5) is 4.39 Å². The smallest absolute Gasteiger partial charge is 0.354 e. The fraction of sp³-hybridized carbons (Fsp3) is 0.333. The van der Waals surface area contributed by atoms with E-state index in [1.54, 1.807) is 6.92 Å². The van der Waals surface area contributed by atoms with Gasteiger partial charge >= 0.3 is 5.97 Å². The van der Waals surface area contributed by atoms with E-state index in [-0.39, 0.29) is 24.3 Å². The fourth-order valence-corrected chi connectivity index (χ4v) is 1.96. The number of carboxylic acid groups (broad SMARTS) is 1. The number of carbonyl (C=O) groups excluding carboxylic acids is 1. The predicted octanol–water partition coefficient (Wildman–Crippen LogP) is 1.23. The van der Waals surface area contributed by atoms with E-state index >= 15 is 0 Å². The average Bonchev–Trinajstić information content (AvgIpc) is 2.65. The third-order valence-corrected chi connectivity index (χ3v) is 2.76. The standard InChI is InChI=1S/C12H12FNO4/c1-2-18-11(12(16)17)14-6-8-7(10(14)15)4-3-5-9(8)13/h3-5,11H,2,6H2,1H3,(H,16,17). The average molecular weight is 253 g/mol. The second kappa shape index (κ2) is 4.73. The number of aliphatic carboxylic acids is 1. The molecule has 0 spiro atoms. The van der Waals surface area contributed by atoms with Crippen molar-refractivity contribution < 1.29 is 23.8 Å². The molecule has 5 nitrogen and oxygen atoms in total. The monoisotopic (exact) mass is 253 g/mol. The predicted molar refractivity (Wildman–Crippen MR) is 59.3 cm³/mol. The largest absolute Gasteiger partial charge is 0.478 e. The van der Waals surface area contributed by atoms with Crippen LogP contribution in [0.15, 0.2) is 18.2 Å². The van der Waals surface area contributed by atoms with Crippen LogP contribution in [0.3, 0.4) is 0 Å². The van der Waals surface area contributed by atoms with Crippen molar-refractivity contribution in [1.29, 1.82) is 0 Å². The van der Waals surface area contributed by atoms with Crippen molar-refractivity contribution >= 4 is 11.9 Å². The minimum Gasteiger partial charge on any atom is -0.478 e. The molecule has 1 aromatic carbocycles. The van der Waals surface area contributed by atoms with Gasteiger partial charge in [-0.05, 0) is 19.1 Å². The van der Waals surface area contributed by atoms with Crippen LogP contribution < -0.4 is 0 Å². The van der Waals surface area contributed by atoms with Crippen LogP contribution in [0.2, 0.25) is 0 Å². The minimum absolute atomic E-state index is 0.0855. The normalized spacial score (nSPS) is 15.7. The van der Waals surface area contributed by atoms with Gasteiger partial charge in [-0.15, -0.1) is 0 Å². The molecule has 1 N–H and O–H groups in total. The Labute approximate surface area is 103 Å². The Morgan fingerprint density at radius 3 is 2.89 bits per heavy atom. The molecule has 0 saturated heterocycles. The number of rotatable bonds is 4. The molecule has 1 aliphatic rings. The Bertz CT molecular complexity index is 503. The van der Waals surface area contributed by atoms with Gasteiger partial charge < -0.3 is 9.84 Å². The van der Waals surface area contributed by atoms with Gasteiger partial charge in [-0.1, -0.05) is 6.07 Å². The summed E-state index contributed by atoms with van der Waals surface area (Å²) in [7, 11) is 0. The maximum atomic E-state index is 13.5. The zero-order valence-electron chi connectivity index (χ0n) is 9.72. The van der Waals surface area contributed by atoms with E-state index in [4.69, 9.17) is 9.84 Å². The van der Waals surface area contributed by atoms with Crippen LogP contribution in [-0.2, 0) is 16.1 Å². The Morgan fingerprint density at radius 2 is 2.33 bits per heavy atom. The van der Waals surface area contributed by atoms with E-state index < -0.39 is 23.9 Å². The Kier molecular flexibility index (Phi) is 3.29. The van der Waals surface area contributed by atoms with E-state index in [1.807, 2.05) is 0 Å². The Hall–Kier alpha value is -1.95. The summed E-state index contributed by atoms with van der Waals surface area (Å²) in [5.74, 6) is -2.30. The van der Waals surface area contributed by atoms with Crippen molar-refractivity contribution in [3.05, 3.63) is 35.1 Å². The third kappa shape index (κ3) is 1.95. The van der Waals surface area contributed by atoms with Crippen LogP contribution in [-0.4, -0.2) is 34.7 Å². The van der Waals surface area contributed by atoms with Gasteiger partial charge in [0.15, 0.2) is 0 Å². The van der Waals surface area contributed by atoms with Gasteiger partial charge in [0.1, 0.15) is 5.82 Å².